The van der Waals surface area contributed by atoms with Gasteiger partial charge in [0.15, 0.2) is 0 Å². The maximum Gasteiger partial charge on any atom is 0.308 e. The Morgan fingerprint density at radius 2 is 1.59 bits per heavy atom. The van der Waals surface area contributed by atoms with Crippen LogP contribution in [-0.4, -0.2) is 49.1 Å². The van der Waals surface area contributed by atoms with Gasteiger partial charge in [-0.2, -0.15) is 0 Å². The largest absolute Gasteiger partial charge is 0.426 e. The van der Waals surface area contributed by atoms with E-state index in [1.807, 2.05) is 24.3 Å². The van der Waals surface area contributed by atoms with Crippen molar-refractivity contribution in [3.63, 3.8) is 0 Å². The molecule has 0 heterocycles. The fraction of sp³-hybridized carbons (Fsp3) is 0.406. The number of unbranched alkanes of at least 4 members (excludes halogenated alkanes) is 3. The number of ether oxygens (including phenoxy) is 3. The third kappa shape index (κ3) is 10.9. The first kappa shape index (κ1) is 30.5. The van der Waals surface area contributed by atoms with Crippen LogP contribution in [0.4, 0.5) is 0 Å². The van der Waals surface area contributed by atoms with Crippen molar-refractivity contribution in [2.75, 3.05) is 32.9 Å². The van der Waals surface area contributed by atoms with Gasteiger partial charge in [0.25, 0.3) is 0 Å². The van der Waals surface area contributed by atoms with E-state index in [9.17, 15) is 15.0 Å². The average molecular weight is 536 g/mol. The van der Waals surface area contributed by atoms with E-state index in [1.54, 1.807) is 18.2 Å². The molecule has 3 rings (SSSR count). The van der Waals surface area contributed by atoms with E-state index in [1.165, 1.54) is 23.6 Å². The van der Waals surface area contributed by atoms with Gasteiger partial charge in [0.05, 0.1) is 32.5 Å². The molecule has 1 atom stereocenters. The molecular formula is C32H41NO6. The number of nitrogens with one attached hydrogen (secondary N) is 1. The van der Waals surface area contributed by atoms with Gasteiger partial charge >= 0.3 is 5.97 Å². The predicted molar refractivity (Wildman–Crippen MR) is 152 cm³/mol. The van der Waals surface area contributed by atoms with E-state index in [0.717, 1.165) is 38.8 Å². The zero-order chi connectivity index (χ0) is 27.7. The maximum absolute atomic E-state index is 11.2. The lowest BCUT2D eigenvalue weighted by Crippen LogP contribution is -2.22. The van der Waals surface area contributed by atoms with Crippen molar-refractivity contribution in [2.24, 2.45) is 0 Å². The van der Waals surface area contributed by atoms with Gasteiger partial charge in [-0.25, -0.2) is 0 Å². The number of aliphatic hydroxyl groups excluding tert-OH is 2. The molecule has 0 spiro atoms. The summed E-state index contributed by atoms with van der Waals surface area (Å²) in [4.78, 5) is 11.2. The summed E-state index contributed by atoms with van der Waals surface area (Å²) in [5, 5.41) is 23.2. The van der Waals surface area contributed by atoms with Crippen molar-refractivity contribution >= 4 is 5.97 Å². The molecule has 0 saturated heterocycles. The standard InChI is InChI=1S/C32H41NO6/c1-25(35)39-32-16-15-27(21-29(32)23-34)31(36)22-33-17-9-2-3-10-18-37-19-20-38-24-28-13-7-8-14-30(28)26-11-5-4-6-12-26/h4-8,11-16,21,31,33-34,36H,2-3,9-10,17-20,22-24H2,1H3/t31-/m0/s1. The number of hydrogen-bond acceptors (Lipinski definition) is 7. The Balaban J connectivity index is 1.19. The second kappa shape index (κ2) is 17.5. The van der Waals surface area contributed by atoms with Crippen LogP contribution in [0.2, 0.25) is 0 Å². The van der Waals surface area contributed by atoms with Crippen LogP contribution in [0.25, 0.3) is 11.1 Å². The molecule has 3 aromatic rings. The molecule has 7 nitrogen and oxygen atoms in total. The minimum Gasteiger partial charge on any atom is -0.426 e. The van der Waals surface area contributed by atoms with Crippen LogP contribution in [0, 0.1) is 0 Å². The van der Waals surface area contributed by atoms with E-state index in [4.69, 9.17) is 14.2 Å². The Morgan fingerprint density at radius 3 is 2.38 bits per heavy atom. The van der Waals surface area contributed by atoms with Gasteiger partial charge in [0.1, 0.15) is 5.75 Å². The van der Waals surface area contributed by atoms with Crippen molar-refractivity contribution in [1.82, 2.24) is 5.32 Å². The van der Waals surface area contributed by atoms with Crippen LogP contribution in [0.1, 0.15) is 55.4 Å². The first-order valence-electron chi connectivity index (χ1n) is 13.7. The fourth-order valence-electron chi connectivity index (χ4n) is 4.30. The highest BCUT2D eigenvalue weighted by molar-refractivity contribution is 5.70. The van der Waals surface area contributed by atoms with Gasteiger partial charge in [0.2, 0.25) is 0 Å². The van der Waals surface area contributed by atoms with Crippen LogP contribution in [-0.2, 0) is 27.5 Å². The SMILES string of the molecule is CC(=O)Oc1ccc([C@@H](O)CNCCCCCCOCCOCc2ccccc2-c2ccccc2)cc1CO. The molecule has 0 unspecified atom stereocenters. The number of carbonyl (C=O) groups is 1. The summed E-state index contributed by atoms with van der Waals surface area (Å²) in [5.41, 5.74) is 4.72. The Bertz CT molecular complexity index is 1120. The quantitative estimate of drug-likeness (QED) is 0.117. The molecule has 0 fully saturated rings. The van der Waals surface area contributed by atoms with Crippen LogP contribution >= 0.6 is 0 Å². The lowest BCUT2D eigenvalue weighted by Gasteiger charge is -2.15. The van der Waals surface area contributed by atoms with Crippen molar-refractivity contribution in [2.45, 2.75) is 51.9 Å². The van der Waals surface area contributed by atoms with Crippen LogP contribution in [0.5, 0.6) is 5.75 Å². The Kier molecular flexibility index (Phi) is 13.7. The van der Waals surface area contributed by atoms with Gasteiger partial charge in [-0.1, -0.05) is 73.5 Å². The van der Waals surface area contributed by atoms with Gasteiger partial charge in [-0.05, 0) is 53.8 Å². The second-order valence-electron chi connectivity index (χ2n) is 9.44. The summed E-state index contributed by atoms with van der Waals surface area (Å²) in [6.45, 7) is 4.73. The monoisotopic (exact) mass is 535 g/mol. The number of hydrogen-bond donors (Lipinski definition) is 3. The van der Waals surface area contributed by atoms with Crippen LogP contribution in [0.15, 0.2) is 72.8 Å². The summed E-state index contributed by atoms with van der Waals surface area (Å²) in [5.74, 6) is -0.132. The Morgan fingerprint density at radius 1 is 0.846 bits per heavy atom. The first-order valence-corrected chi connectivity index (χ1v) is 13.7. The minimum absolute atomic E-state index is 0.267. The van der Waals surface area contributed by atoms with E-state index in [2.05, 4.69) is 35.6 Å². The summed E-state index contributed by atoms with van der Waals surface area (Å²) in [6.07, 6.45) is 3.50. The molecule has 0 radical (unpaired) electrons. The van der Waals surface area contributed by atoms with Crippen LogP contribution in [0.3, 0.4) is 0 Å². The van der Waals surface area contributed by atoms with Gasteiger partial charge in [-0.3, -0.25) is 4.79 Å². The fourth-order valence-corrected chi connectivity index (χ4v) is 4.30. The third-order valence-electron chi connectivity index (χ3n) is 6.35. The topological polar surface area (TPSA) is 97.3 Å². The normalized spacial score (nSPS) is 11.9. The van der Waals surface area contributed by atoms with Crippen LogP contribution < -0.4 is 10.1 Å². The highest BCUT2D eigenvalue weighted by Crippen LogP contribution is 2.25. The number of benzene rings is 3. The number of aliphatic hydroxyl groups is 2. The third-order valence-corrected chi connectivity index (χ3v) is 6.35. The lowest BCUT2D eigenvalue weighted by molar-refractivity contribution is -0.131. The lowest BCUT2D eigenvalue weighted by atomic mass is 10.0. The van der Waals surface area contributed by atoms with Gasteiger partial charge in [0, 0.05) is 25.6 Å². The number of carbonyl (C=O) groups excluding carboxylic acids is 1. The molecule has 3 aromatic carbocycles. The molecule has 0 amide bonds. The van der Waals surface area contributed by atoms with E-state index in [-0.39, 0.29) is 6.61 Å². The van der Waals surface area contributed by atoms with Gasteiger partial charge < -0.3 is 29.7 Å². The molecule has 0 aromatic heterocycles. The van der Waals surface area contributed by atoms with Crippen molar-refractivity contribution in [3.05, 3.63) is 89.5 Å². The molecule has 7 heteroatoms. The Labute approximate surface area is 231 Å². The molecule has 0 saturated carbocycles. The highest BCUT2D eigenvalue weighted by atomic mass is 16.5. The summed E-state index contributed by atoms with van der Waals surface area (Å²) >= 11 is 0. The van der Waals surface area contributed by atoms with E-state index >= 15 is 0 Å². The first-order chi connectivity index (χ1) is 19.1. The summed E-state index contributed by atoms with van der Waals surface area (Å²) in [7, 11) is 0. The van der Waals surface area contributed by atoms with Gasteiger partial charge in [-0.15, -0.1) is 0 Å². The molecule has 39 heavy (non-hydrogen) atoms. The predicted octanol–water partition coefficient (Wildman–Crippen LogP) is 5.19. The molecule has 0 bridgehead atoms. The smallest absolute Gasteiger partial charge is 0.308 e. The van der Waals surface area contributed by atoms with Crippen molar-refractivity contribution in [1.29, 1.82) is 0 Å². The zero-order valence-corrected chi connectivity index (χ0v) is 22.8. The Hall–Kier alpha value is -3.07. The molecule has 0 aliphatic heterocycles. The maximum atomic E-state index is 11.2. The van der Waals surface area contributed by atoms with E-state index in [0.29, 0.717) is 43.2 Å². The molecular weight excluding hydrogens is 494 g/mol. The summed E-state index contributed by atoms with van der Waals surface area (Å²) in [6, 6.07) is 23.7. The summed E-state index contributed by atoms with van der Waals surface area (Å²) < 4.78 is 16.6. The highest BCUT2D eigenvalue weighted by Gasteiger charge is 2.12. The molecule has 210 valence electrons. The minimum atomic E-state index is -0.705. The number of esters is 1. The van der Waals surface area contributed by atoms with E-state index < -0.39 is 12.1 Å². The molecule has 0 aliphatic rings. The zero-order valence-electron chi connectivity index (χ0n) is 22.8. The van der Waals surface area contributed by atoms with Crippen molar-refractivity contribution < 1.29 is 29.2 Å². The second-order valence-corrected chi connectivity index (χ2v) is 9.44. The molecule has 0 aliphatic carbocycles. The number of rotatable bonds is 18. The van der Waals surface area contributed by atoms with Crippen molar-refractivity contribution in [3.8, 4) is 16.9 Å². The molecule has 3 N–H and O–H groups in total. The average Bonchev–Trinajstić information content (AvgIpc) is 2.96.